The summed E-state index contributed by atoms with van der Waals surface area (Å²) in [7, 11) is 0. The van der Waals surface area contributed by atoms with Gasteiger partial charge in [0, 0.05) is 24.1 Å². The van der Waals surface area contributed by atoms with Gasteiger partial charge in [-0.05, 0) is 38.3 Å². The van der Waals surface area contributed by atoms with E-state index in [-0.39, 0.29) is 11.7 Å². The quantitative estimate of drug-likeness (QED) is 0.301. The molecule has 0 aliphatic rings. The maximum Gasteiger partial charge on any atom is 0.305 e. The van der Waals surface area contributed by atoms with Crippen molar-refractivity contribution < 1.29 is 19.2 Å². The van der Waals surface area contributed by atoms with Gasteiger partial charge in [0.15, 0.2) is 5.52 Å². The molecule has 24 heavy (non-hydrogen) atoms. The second kappa shape index (κ2) is 8.81. The van der Waals surface area contributed by atoms with Crippen LogP contribution < -0.4 is 4.74 Å². The Hall–Kier alpha value is -2.70. The average molecular weight is 332 g/mol. The SMILES string of the molecule is CCOC(=O)CCCCCOc1ccnc2c([N+](=O)[O-])cccc12. The third kappa shape index (κ3) is 4.65. The minimum atomic E-state index is -0.450. The molecule has 0 bridgehead atoms. The number of benzene rings is 1. The molecule has 0 N–H and O–H groups in total. The lowest BCUT2D eigenvalue weighted by Crippen LogP contribution is -2.04. The van der Waals surface area contributed by atoms with E-state index >= 15 is 0 Å². The Morgan fingerprint density at radius 3 is 2.83 bits per heavy atom. The number of para-hydroxylation sites is 1. The molecule has 0 aliphatic heterocycles. The first-order valence-electron chi connectivity index (χ1n) is 7.94. The smallest absolute Gasteiger partial charge is 0.305 e. The topological polar surface area (TPSA) is 91.6 Å². The number of rotatable bonds is 9. The fraction of sp³-hybridized carbons (Fsp3) is 0.412. The lowest BCUT2D eigenvalue weighted by Gasteiger charge is -2.09. The summed E-state index contributed by atoms with van der Waals surface area (Å²) < 4.78 is 10.6. The third-order valence-corrected chi connectivity index (χ3v) is 3.49. The number of nitro benzene ring substituents is 1. The first-order valence-corrected chi connectivity index (χ1v) is 7.94. The fourth-order valence-electron chi connectivity index (χ4n) is 2.37. The van der Waals surface area contributed by atoms with E-state index in [1.807, 2.05) is 0 Å². The maximum absolute atomic E-state index is 11.2. The van der Waals surface area contributed by atoms with Crippen LogP contribution in [0.3, 0.4) is 0 Å². The molecular weight excluding hydrogens is 312 g/mol. The van der Waals surface area contributed by atoms with Crippen LogP contribution in [0.1, 0.15) is 32.6 Å². The molecule has 1 aromatic heterocycles. The Kier molecular flexibility index (Phi) is 6.48. The largest absolute Gasteiger partial charge is 0.493 e. The first kappa shape index (κ1) is 17.7. The molecule has 7 heteroatoms. The van der Waals surface area contributed by atoms with Crippen LogP contribution in [0.2, 0.25) is 0 Å². The first-order chi connectivity index (χ1) is 11.6. The van der Waals surface area contributed by atoms with Gasteiger partial charge in [0.25, 0.3) is 5.69 Å². The molecule has 1 heterocycles. The van der Waals surface area contributed by atoms with E-state index in [9.17, 15) is 14.9 Å². The highest BCUT2D eigenvalue weighted by molar-refractivity contribution is 5.91. The molecule has 2 rings (SSSR count). The second-order valence-electron chi connectivity index (χ2n) is 5.20. The molecule has 0 aliphatic carbocycles. The molecule has 0 fully saturated rings. The standard InChI is InChI=1S/C17H20N2O5/c1-2-23-16(20)9-4-3-5-12-24-15-10-11-18-17-13(15)7-6-8-14(17)19(21)22/h6-8,10-11H,2-5,9,12H2,1H3. The highest BCUT2D eigenvalue weighted by Crippen LogP contribution is 2.30. The zero-order valence-corrected chi connectivity index (χ0v) is 13.6. The van der Waals surface area contributed by atoms with Crippen molar-refractivity contribution in [3.8, 4) is 5.75 Å². The summed E-state index contributed by atoms with van der Waals surface area (Å²) >= 11 is 0. The summed E-state index contributed by atoms with van der Waals surface area (Å²) in [6, 6.07) is 6.50. The molecule has 0 spiro atoms. The minimum Gasteiger partial charge on any atom is -0.493 e. The Labute approximate surface area is 139 Å². The lowest BCUT2D eigenvalue weighted by molar-refractivity contribution is -0.383. The van der Waals surface area contributed by atoms with Crippen molar-refractivity contribution in [2.75, 3.05) is 13.2 Å². The molecule has 0 amide bonds. The predicted octanol–water partition coefficient (Wildman–Crippen LogP) is 3.65. The Balaban J connectivity index is 1.88. The van der Waals surface area contributed by atoms with Gasteiger partial charge < -0.3 is 9.47 Å². The number of ether oxygens (including phenoxy) is 2. The monoisotopic (exact) mass is 332 g/mol. The number of pyridine rings is 1. The van der Waals surface area contributed by atoms with Gasteiger partial charge in [-0.3, -0.25) is 14.9 Å². The van der Waals surface area contributed by atoms with Gasteiger partial charge in [0.05, 0.1) is 18.1 Å². The fourth-order valence-corrected chi connectivity index (χ4v) is 2.37. The Bertz CT molecular complexity index is 717. The van der Waals surface area contributed by atoms with Crippen molar-refractivity contribution in [3.05, 3.63) is 40.6 Å². The van der Waals surface area contributed by atoms with E-state index in [0.29, 0.717) is 36.3 Å². The average Bonchev–Trinajstić information content (AvgIpc) is 2.57. The van der Waals surface area contributed by atoms with Crippen LogP contribution in [0.5, 0.6) is 5.75 Å². The molecule has 0 unspecified atom stereocenters. The van der Waals surface area contributed by atoms with Crippen LogP contribution in [0, 0.1) is 10.1 Å². The predicted molar refractivity (Wildman–Crippen MR) is 89.0 cm³/mol. The van der Waals surface area contributed by atoms with Crippen LogP contribution >= 0.6 is 0 Å². The van der Waals surface area contributed by atoms with Gasteiger partial charge in [-0.25, -0.2) is 4.98 Å². The molecule has 0 saturated carbocycles. The molecule has 7 nitrogen and oxygen atoms in total. The molecule has 128 valence electrons. The van der Waals surface area contributed by atoms with Crippen LogP contribution in [-0.2, 0) is 9.53 Å². The number of hydrogen-bond acceptors (Lipinski definition) is 6. The summed E-state index contributed by atoms with van der Waals surface area (Å²) in [5.41, 5.74) is 0.287. The highest BCUT2D eigenvalue weighted by atomic mass is 16.6. The normalized spacial score (nSPS) is 10.5. The zero-order chi connectivity index (χ0) is 17.4. The summed E-state index contributed by atoms with van der Waals surface area (Å²) in [6.07, 6.45) is 4.31. The van der Waals surface area contributed by atoms with Gasteiger partial charge in [0.2, 0.25) is 0 Å². The number of nitrogens with zero attached hydrogens (tertiary/aromatic N) is 2. The number of carbonyl (C=O) groups is 1. The zero-order valence-electron chi connectivity index (χ0n) is 13.6. The number of nitro groups is 1. The number of fused-ring (bicyclic) bond motifs is 1. The van der Waals surface area contributed by atoms with Gasteiger partial charge in [-0.15, -0.1) is 0 Å². The number of non-ortho nitro benzene ring substituents is 1. The summed E-state index contributed by atoms with van der Waals surface area (Å²) in [5, 5.41) is 11.7. The number of carbonyl (C=O) groups excluding carboxylic acids is 1. The van der Waals surface area contributed by atoms with Gasteiger partial charge >= 0.3 is 5.97 Å². The van der Waals surface area contributed by atoms with Crippen molar-refractivity contribution in [1.29, 1.82) is 0 Å². The van der Waals surface area contributed by atoms with Crippen LogP contribution in [-0.4, -0.2) is 29.1 Å². The number of esters is 1. The summed E-state index contributed by atoms with van der Waals surface area (Å²) in [5.74, 6) is 0.403. The highest BCUT2D eigenvalue weighted by Gasteiger charge is 2.14. The Morgan fingerprint density at radius 2 is 2.08 bits per heavy atom. The maximum atomic E-state index is 11.2. The molecule has 0 saturated heterocycles. The van der Waals surface area contributed by atoms with E-state index in [0.717, 1.165) is 19.3 Å². The molecule has 0 atom stereocenters. The van der Waals surface area contributed by atoms with Crippen molar-refractivity contribution in [1.82, 2.24) is 4.98 Å². The minimum absolute atomic E-state index is 0.0348. The van der Waals surface area contributed by atoms with Crippen molar-refractivity contribution in [3.63, 3.8) is 0 Å². The third-order valence-electron chi connectivity index (χ3n) is 3.49. The van der Waals surface area contributed by atoms with Gasteiger partial charge in [-0.2, -0.15) is 0 Å². The van der Waals surface area contributed by atoms with E-state index in [1.54, 1.807) is 25.1 Å². The molecule has 0 radical (unpaired) electrons. The van der Waals surface area contributed by atoms with Crippen molar-refractivity contribution in [2.24, 2.45) is 0 Å². The summed E-state index contributed by atoms with van der Waals surface area (Å²) in [6.45, 7) is 2.67. The van der Waals surface area contributed by atoms with E-state index in [4.69, 9.17) is 9.47 Å². The second-order valence-corrected chi connectivity index (χ2v) is 5.20. The van der Waals surface area contributed by atoms with Crippen molar-refractivity contribution >= 4 is 22.6 Å². The Morgan fingerprint density at radius 1 is 1.25 bits per heavy atom. The van der Waals surface area contributed by atoms with E-state index < -0.39 is 4.92 Å². The van der Waals surface area contributed by atoms with E-state index in [2.05, 4.69) is 4.98 Å². The van der Waals surface area contributed by atoms with Gasteiger partial charge in [-0.1, -0.05) is 6.07 Å². The van der Waals surface area contributed by atoms with E-state index in [1.165, 1.54) is 12.3 Å². The number of hydrogen-bond donors (Lipinski definition) is 0. The van der Waals surface area contributed by atoms with Gasteiger partial charge in [0.1, 0.15) is 5.75 Å². The van der Waals surface area contributed by atoms with Crippen LogP contribution in [0.25, 0.3) is 10.9 Å². The molecular formula is C17H20N2O5. The number of aromatic nitrogens is 1. The molecule has 1 aromatic carbocycles. The summed E-state index contributed by atoms with van der Waals surface area (Å²) in [4.78, 5) is 25.9. The number of unbranched alkanes of at least 4 members (excludes halogenated alkanes) is 2. The van der Waals surface area contributed by atoms with Crippen molar-refractivity contribution in [2.45, 2.75) is 32.6 Å². The van der Waals surface area contributed by atoms with Crippen LogP contribution in [0.15, 0.2) is 30.5 Å². The van der Waals surface area contributed by atoms with Crippen LogP contribution in [0.4, 0.5) is 5.69 Å². The lowest BCUT2D eigenvalue weighted by atomic mass is 10.1. The molecule has 2 aromatic rings.